The summed E-state index contributed by atoms with van der Waals surface area (Å²) in [6.45, 7) is 7.15. The number of nitriles is 1. The van der Waals surface area contributed by atoms with E-state index in [1.54, 1.807) is 27.7 Å². The molecule has 1 N–H and O–H groups in total. The molecule has 1 saturated heterocycles. The molecule has 0 aromatic carbocycles. The number of nitrogens with zero attached hydrogens (tertiary/aromatic N) is 2. The van der Waals surface area contributed by atoms with Gasteiger partial charge in [-0.2, -0.15) is 5.26 Å². The number of ether oxygens (including phenoxy) is 1. The van der Waals surface area contributed by atoms with Crippen LogP contribution in [0.15, 0.2) is 0 Å². The van der Waals surface area contributed by atoms with Crippen molar-refractivity contribution < 1.29 is 14.6 Å². The van der Waals surface area contributed by atoms with Gasteiger partial charge in [-0.15, -0.1) is 0 Å². The average molecular weight is 240 g/mol. The molecule has 1 aliphatic rings. The lowest BCUT2D eigenvalue weighted by molar-refractivity contribution is 0.0114. The minimum absolute atomic E-state index is 0.223. The Morgan fingerprint density at radius 2 is 2.18 bits per heavy atom. The van der Waals surface area contributed by atoms with Crippen LogP contribution in [0.1, 0.15) is 40.5 Å². The topological polar surface area (TPSA) is 73.6 Å². The molecule has 17 heavy (non-hydrogen) atoms. The van der Waals surface area contributed by atoms with Gasteiger partial charge in [0, 0.05) is 0 Å². The van der Waals surface area contributed by atoms with Crippen molar-refractivity contribution in [3.05, 3.63) is 0 Å². The van der Waals surface area contributed by atoms with Crippen LogP contribution in [0.4, 0.5) is 4.79 Å². The van der Waals surface area contributed by atoms with Crippen molar-refractivity contribution in [3.8, 4) is 6.07 Å². The van der Waals surface area contributed by atoms with Crippen molar-refractivity contribution >= 4 is 6.09 Å². The van der Waals surface area contributed by atoms with Gasteiger partial charge in [-0.1, -0.05) is 0 Å². The van der Waals surface area contributed by atoms with Gasteiger partial charge in [0.2, 0.25) is 0 Å². The molecule has 1 fully saturated rings. The van der Waals surface area contributed by atoms with Crippen molar-refractivity contribution in [2.75, 3.05) is 0 Å². The van der Waals surface area contributed by atoms with Crippen LogP contribution in [0.25, 0.3) is 0 Å². The largest absolute Gasteiger partial charge is 0.444 e. The molecule has 0 radical (unpaired) electrons. The lowest BCUT2D eigenvalue weighted by Crippen LogP contribution is -2.44. The van der Waals surface area contributed by atoms with Gasteiger partial charge < -0.3 is 9.84 Å². The fraction of sp³-hybridized carbons (Fsp3) is 0.833. The predicted octanol–water partition coefficient (Wildman–Crippen LogP) is 1.66. The Labute approximate surface area is 102 Å². The number of carbonyl (C=O) groups excluding carboxylic acids is 1. The van der Waals surface area contributed by atoms with E-state index in [-0.39, 0.29) is 18.5 Å². The number of carbonyl (C=O) groups is 1. The number of rotatable bonds is 1. The Kier molecular flexibility index (Phi) is 3.99. The second-order valence-corrected chi connectivity index (χ2v) is 5.45. The van der Waals surface area contributed by atoms with Crippen molar-refractivity contribution in [1.82, 2.24) is 4.90 Å². The normalized spacial score (nSPS) is 28.9. The molecule has 0 bridgehead atoms. The fourth-order valence-corrected chi connectivity index (χ4v) is 2.02. The van der Waals surface area contributed by atoms with Gasteiger partial charge in [0.15, 0.2) is 0 Å². The Morgan fingerprint density at radius 1 is 1.59 bits per heavy atom. The Bertz CT molecular complexity index is 330. The molecule has 0 spiro atoms. The van der Waals surface area contributed by atoms with Crippen molar-refractivity contribution in [2.45, 2.75) is 64.3 Å². The molecule has 1 heterocycles. The van der Waals surface area contributed by atoms with Crippen LogP contribution < -0.4 is 0 Å². The average Bonchev–Trinajstić information content (AvgIpc) is 2.40. The molecule has 1 aliphatic heterocycles. The van der Waals surface area contributed by atoms with Crippen LogP contribution in [0.2, 0.25) is 0 Å². The first-order valence-corrected chi connectivity index (χ1v) is 5.82. The van der Waals surface area contributed by atoms with Crippen LogP contribution in [0.5, 0.6) is 0 Å². The molecule has 1 amide bonds. The lowest BCUT2D eigenvalue weighted by Gasteiger charge is -2.30. The molecular formula is C12H20N2O3. The summed E-state index contributed by atoms with van der Waals surface area (Å²) in [5.41, 5.74) is -0.568. The summed E-state index contributed by atoms with van der Waals surface area (Å²) < 4.78 is 5.28. The fourth-order valence-electron chi connectivity index (χ4n) is 2.02. The van der Waals surface area contributed by atoms with Crippen molar-refractivity contribution in [3.63, 3.8) is 0 Å². The summed E-state index contributed by atoms with van der Waals surface area (Å²) >= 11 is 0. The highest BCUT2D eigenvalue weighted by molar-refractivity contribution is 5.69. The predicted molar refractivity (Wildman–Crippen MR) is 62.2 cm³/mol. The highest BCUT2D eigenvalue weighted by atomic mass is 16.6. The molecule has 3 atom stereocenters. The van der Waals surface area contributed by atoms with E-state index >= 15 is 0 Å². The van der Waals surface area contributed by atoms with Crippen molar-refractivity contribution in [1.29, 1.82) is 5.26 Å². The first-order chi connectivity index (χ1) is 7.76. The highest BCUT2D eigenvalue weighted by Gasteiger charge is 2.42. The summed E-state index contributed by atoms with van der Waals surface area (Å²) in [5, 5.41) is 18.5. The zero-order valence-electron chi connectivity index (χ0n) is 10.8. The van der Waals surface area contributed by atoms with Crippen LogP contribution >= 0.6 is 0 Å². The number of likely N-dealkylation sites (tertiary alicyclic amines) is 1. The minimum atomic E-state index is -0.583. The minimum Gasteiger partial charge on any atom is -0.444 e. The molecule has 0 unspecified atom stereocenters. The summed E-state index contributed by atoms with van der Waals surface area (Å²) in [6.07, 6.45) is -0.378. The van der Waals surface area contributed by atoms with Gasteiger partial charge in [0.25, 0.3) is 0 Å². The maximum absolute atomic E-state index is 12.0. The number of aliphatic hydroxyl groups is 1. The molecule has 1 rings (SSSR count). The van der Waals surface area contributed by atoms with E-state index in [9.17, 15) is 9.90 Å². The second kappa shape index (κ2) is 4.92. The van der Waals surface area contributed by atoms with Gasteiger partial charge in [-0.25, -0.2) is 4.79 Å². The molecular weight excluding hydrogens is 220 g/mol. The van der Waals surface area contributed by atoms with Gasteiger partial charge in [0.1, 0.15) is 5.60 Å². The van der Waals surface area contributed by atoms with Crippen molar-refractivity contribution in [2.24, 2.45) is 0 Å². The monoisotopic (exact) mass is 240 g/mol. The third-order valence-corrected chi connectivity index (χ3v) is 2.83. The van der Waals surface area contributed by atoms with E-state index in [4.69, 9.17) is 10.00 Å². The Morgan fingerprint density at radius 3 is 2.65 bits per heavy atom. The number of aliphatic hydroxyl groups excluding tert-OH is 1. The maximum atomic E-state index is 12.0. The van der Waals surface area contributed by atoms with E-state index in [0.29, 0.717) is 6.42 Å². The SMILES string of the molecule is C[C@@H]1[C@H](O)C[C@@H](CC#N)N1C(=O)OC(C)(C)C. The van der Waals surface area contributed by atoms with Gasteiger partial charge >= 0.3 is 6.09 Å². The quantitative estimate of drug-likeness (QED) is 0.756. The van der Waals surface area contributed by atoms with Crippen LogP contribution in [0, 0.1) is 11.3 Å². The van der Waals surface area contributed by atoms with E-state index in [1.807, 2.05) is 6.07 Å². The Hall–Kier alpha value is -1.28. The molecule has 96 valence electrons. The maximum Gasteiger partial charge on any atom is 0.410 e. The highest BCUT2D eigenvalue weighted by Crippen LogP contribution is 2.28. The first-order valence-electron chi connectivity index (χ1n) is 5.82. The molecule has 5 nitrogen and oxygen atoms in total. The molecule has 0 saturated carbocycles. The van der Waals surface area contributed by atoms with E-state index in [1.165, 1.54) is 4.90 Å². The van der Waals surface area contributed by atoms with E-state index in [0.717, 1.165) is 0 Å². The van der Waals surface area contributed by atoms with E-state index in [2.05, 4.69) is 0 Å². The van der Waals surface area contributed by atoms with Gasteiger partial charge in [-0.3, -0.25) is 4.90 Å². The number of amides is 1. The van der Waals surface area contributed by atoms with Gasteiger partial charge in [0.05, 0.1) is 30.7 Å². The smallest absolute Gasteiger partial charge is 0.410 e. The summed E-state index contributed by atoms with van der Waals surface area (Å²) in [5.74, 6) is 0. The second-order valence-electron chi connectivity index (χ2n) is 5.45. The van der Waals surface area contributed by atoms with Crippen LogP contribution in [0.3, 0.4) is 0 Å². The Balaban J connectivity index is 2.78. The number of hydrogen-bond donors (Lipinski definition) is 1. The van der Waals surface area contributed by atoms with E-state index < -0.39 is 17.8 Å². The third-order valence-electron chi connectivity index (χ3n) is 2.83. The standard InChI is InChI=1S/C12H20N2O3/c1-8-10(15)7-9(5-6-13)14(8)11(16)17-12(2,3)4/h8-10,15H,5,7H2,1-4H3/t8-,9-,10-/m1/s1. The zero-order chi connectivity index (χ0) is 13.2. The molecule has 0 aromatic rings. The number of hydrogen-bond acceptors (Lipinski definition) is 4. The van der Waals surface area contributed by atoms with Crippen LogP contribution in [-0.4, -0.2) is 39.9 Å². The molecule has 0 aromatic heterocycles. The van der Waals surface area contributed by atoms with Gasteiger partial charge in [-0.05, 0) is 34.1 Å². The summed E-state index contributed by atoms with van der Waals surface area (Å²) in [6, 6.07) is 1.49. The lowest BCUT2D eigenvalue weighted by atomic mass is 10.1. The summed E-state index contributed by atoms with van der Waals surface area (Å²) in [7, 11) is 0. The summed E-state index contributed by atoms with van der Waals surface area (Å²) in [4.78, 5) is 13.5. The zero-order valence-corrected chi connectivity index (χ0v) is 10.8. The van der Waals surface area contributed by atoms with Crippen LogP contribution in [-0.2, 0) is 4.74 Å². The third kappa shape index (κ3) is 3.34. The first kappa shape index (κ1) is 13.8. The molecule has 5 heteroatoms. The molecule has 0 aliphatic carbocycles.